The predicted molar refractivity (Wildman–Crippen MR) is 165 cm³/mol. The Morgan fingerprint density at radius 1 is 0.936 bits per heavy atom. The Morgan fingerprint density at radius 3 is 2.19 bits per heavy atom. The fourth-order valence-corrected chi connectivity index (χ4v) is 4.00. The molecule has 0 aliphatic heterocycles. The Balaban J connectivity index is 2.35. The van der Waals surface area contributed by atoms with Gasteiger partial charge in [-0.25, -0.2) is 10.3 Å². The number of hydroxylamine groups is 1. The number of benzene rings is 2. The van der Waals surface area contributed by atoms with Gasteiger partial charge < -0.3 is 18.9 Å². The number of nitro groups is 1. The molecule has 1 N–H and O–H groups in total. The molecule has 0 saturated carbocycles. The summed E-state index contributed by atoms with van der Waals surface area (Å²) in [5.74, 6) is -5.15. The van der Waals surface area contributed by atoms with Crippen LogP contribution in [0.15, 0.2) is 53.6 Å². The SMILES string of the molecule is CCOC(=O)[C@H](CC[C@H](Oc1ccc(C[C@@H](C(=O)NOC(C)(C)C)C(=O)OCc2ccccc2)cc1[N+](=O)[O-])C(=O)OCC)N=[N+]=[N-]. The Bertz CT molecular complexity index is 1440. The molecular weight excluding hydrogens is 618 g/mol. The third-order valence-corrected chi connectivity index (χ3v) is 6.21. The maximum Gasteiger partial charge on any atom is 0.347 e. The molecule has 0 radical (unpaired) electrons. The summed E-state index contributed by atoms with van der Waals surface area (Å²) >= 11 is 0. The van der Waals surface area contributed by atoms with Gasteiger partial charge in [-0.1, -0.05) is 41.5 Å². The number of carbonyl (C=O) groups excluding carboxylic acids is 4. The maximum atomic E-state index is 13.1. The highest BCUT2D eigenvalue weighted by molar-refractivity contribution is 5.97. The van der Waals surface area contributed by atoms with E-state index in [-0.39, 0.29) is 50.4 Å². The molecule has 3 atom stereocenters. The lowest BCUT2D eigenvalue weighted by Gasteiger charge is -2.22. The predicted octanol–water partition coefficient (Wildman–Crippen LogP) is 4.68. The zero-order valence-corrected chi connectivity index (χ0v) is 26.9. The van der Waals surface area contributed by atoms with E-state index in [9.17, 15) is 29.3 Å². The Kier molecular flexibility index (Phi) is 15.1. The smallest absolute Gasteiger partial charge is 0.347 e. The van der Waals surface area contributed by atoms with Crippen LogP contribution in [0.2, 0.25) is 0 Å². The quantitative estimate of drug-likeness (QED) is 0.0339. The summed E-state index contributed by atoms with van der Waals surface area (Å²) in [5, 5.41) is 15.5. The zero-order chi connectivity index (χ0) is 35.0. The lowest BCUT2D eigenvalue weighted by atomic mass is 9.98. The molecule has 254 valence electrons. The minimum absolute atomic E-state index is 0.0276. The number of esters is 3. The standard InChI is InChI=1S/C31H39N5O11/c1-6-43-29(39)23(33-35-32)14-16-26(30(40)44-7-2)46-25-15-13-21(18-24(25)36(41)42)17-22(27(37)34-47-31(3,4)5)28(38)45-19-20-11-9-8-10-12-20/h8-13,15,18,22-23,26H,6-7,14,16-17,19H2,1-5H3,(H,34,37)/t22-,23-,26-/m0/s1. The van der Waals surface area contributed by atoms with Crippen molar-refractivity contribution in [3.63, 3.8) is 0 Å². The van der Waals surface area contributed by atoms with Crippen molar-refractivity contribution in [2.75, 3.05) is 13.2 Å². The number of nitrogens with one attached hydrogen (secondary N) is 1. The number of carbonyl (C=O) groups is 4. The number of hydrogen-bond acceptors (Lipinski definition) is 12. The summed E-state index contributed by atoms with van der Waals surface area (Å²) in [7, 11) is 0. The maximum absolute atomic E-state index is 13.1. The van der Waals surface area contributed by atoms with E-state index >= 15 is 0 Å². The summed E-state index contributed by atoms with van der Waals surface area (Å²) in [6, 6.07) is 11.2. The molecule has 47 heavy (non-hydrogen) atoms. The summed E-state index contributed by atoms with van der Waals surface area (Å²) in [6.45, 7) is 8.09. The van der Waals surface area contributed by atoms with Crippen molar-refractivity contribution in [2.24, 2.45) is 11.0 Å². The van der Waals surface area contributed by atoms with Crippen LogP contribution in [0.3, 0.4) is 0 Å². The van der Waals surface area contributed by atoms with Crippen molar-refractivity contribution in [3.05, 3.63) is 80.2 Å². The van der Waals surface area contributed by atoms with E-state index < -0.39 is 58.1 Å². The number of nitrogens with zero attached hydrogens (tertiary/aromatic N) is 4. The van der Waals surface area contributed by atoms with Crippen LogP contribution in [-0.4, -0.2) is 59.7 Å². The highest BCUT2D eigenvalue weighted by Gasteiger charge is 2.32. The topological polar surface area (TPSA) is 218 Å². The number of ether oxygens (including phenoxy) is 4. The van der Waals surface area contributed by atoms with E-state index in [0.29, 0.717) is 5.56 Å². The molecule has 2 aromatic rings. The van der Waals surface area contributed by atoms with Crippen LogP contribution in [0.1, 0.15) is 58.6 Å². The fraction of sp³-hybridized carbons (Fsp3) is 0.484. The normalized spacial score (nSPS) is 12.8. The Labute approximate surface area is 271 Å². The molecule has 0 spiro atoms. The van der Waals surface area contributed by atoms with Gasteiger partial charge >= 0.3 is 23.6 Å². The van der Waals surface area contributed by atoms with Crippen LogP contribution < -0.4 is 10.2 Å². The fourth-order valence-electron chi connectivity index (χ4n) is 4.00. The van der Waals surface area contributed by atoms with Crippen molar-refractivity contribution in [1.82, 2.24) is 5.48 Å². The lowest BCUT2D eigenvalue weighted by molar-refractivity contribution is -0.386. The van der Waals surface area contributed by atoms with Gasteiger partial charge in [0.05, 0.1) is 23.7 Å². The molecular formula is C31H39N5O11. The van der Waals surface area contributed by atoms with Gasteiger partial charge in [0.25, 0.3) is 5.91 Å². The molecule has 0 aliphatic rings. The van der Waals surface area contributed by atoms with E-state index in [1.807, 2.05) is 0 Å². The first-order valence-electron chi connectivity index (χ1n) is 14.8. The van der Waals surface area contributed by atoms with Crippen molar-refractivity contribution < 1.29 is 47.9 Å². The van der Waals surface area contributed by atoms with Crippen LogP contribution >= 0.6 is 0 Å². The van der Waals surface area contributed by atoms with E-state index in [0.717, 1.165) is 6.07 Å². The summed E-state index contributed by atoms with van der Waals surface area (Å²) < 4.78 is 21.0. The van der Waals surface area contributed by atoms with Crippen molar-refractivity contribution >= 4 is 29.5 Å². The lowest BCUT2D eigenvalue weighted by Crippen LogP contribution is -2.41. The van der Waals surface area contributed by atoms with E-state index in [1.54, 1.807) is 65.0 Å². The summed E-state index contributed by atoms with van der Waals surface area (Å²) in [5.41, 5.74) is 10.6. The van der Waals surface area contributed by atoms with Crippen LogP contribution in [0.4, 0.5) is 5.69 Å². The second-order valence-electron chi connectivity index (χ2n) is 11.0. The first-order valence-corrected chi connectivity index (χ1v) is 14.8. The number of hydrogen-bond donors (Lipinski definition) is 1. The monoisotopic (exact) mass is 657 g/mol. The van der Waals surface area contributed by atoms with Crippen LogP contribution in [0.25, 0.3) is 10.4 Å². The van der Waals surface area contributed by atoms with Gasteiger partial charge in [-0.2, -0.15) is 0 Å². The minimum Gasteiger partial charge on any atom is -0.472 e. The first kappa shape index (κ1) is 38.0. The number of azide groups is 1. The second-order valence-corrected chi connectivity index (χ2v) is 11.0. The largest absolute Gasteiger partial charge is 0.472 e. The van der Waals surface area contributed by atoms with Gasteiger partial charge in [0, 0.05) is 11.0 Å². The second kappa shape index (κ2) is 18.7. The van der Waals surface area contributed by atoms with Gasteiger partial charge in [-0.15, -0.1) is 0 Å². The zero-order valence-electron chi connectivity index (χ0n) is 26.9. The highest BCUT2D eigenvalue weighted by Crippen LogP contribution is 2.31. The van der Waals surface area contributed by atoms with E-state index in [1.165, 1.54) is 12.1 Å². The summed E-state index contributed by atoms with van der Waals surface area (Å²) in [6.07, 6.45) is -2.13. The molecule has 0 fully saturated rings. The number of amides is 1. The van der Waals surface area contributed by atoms with Crippen LogP contribution in [-0.2, 0) is 51.3 Å². The molecule has 2 rings (SSSR count). The van der Waals surface area contributed by atoms with Crippen molar-refractivity contribution in [2.45, 2.75) is 78.2 Å². The molecule has 1 amide bonds. The summed E-state index contributed by atoms with van der Waals surface area (Å²) in [4.78, 5) is 70.4. The molecule has 16 heteroatoms. The van der Waals surface area contributed by atoms with Gasteiger partial charge in [0.15, 0.2) is 11.9 Å². The van der Waals surface area contributed by atoms with Gasteiger partial charge in [-0.3, -0.25) is 29.3 Å². The van der Waals surface area contributed by atoms with Gasteiger partial charge in [0.2, 0.25) is 0 Å². The Hall–Kier alpha value is -5.21. The van der Waals surface area contributed by atoms with Crippen molar-refractivity contribution in [1.29, 1.82) is 0 Å². The average molecular weight is 658 g/mol. The van der Waals surface area contributed by atoms with Crippen molar-refractivity contribution in [3.8, 4) is 5.75 Å². The third-order valence-electron chi connectivity index (χ3n) is 6.21. The minimum atomic E-state index is -1.44. The van der Waals surface area contributed by atoms with Crippen LogP contribution in [0.5, 0.6) is 5.75 Å². The number of nitro benzene ring substituents is 1. The number of rotatable bonds is 18. The highest BCUT2D eigenvalue weighted by atomic mass is 16.7. The first-order chi connectivity index (χ1) is 22.3. The molecule has 0 aliphatic carbocycles. The molecule has 0 heterocycles. The average Bonchev–Trinajstić information content (AvgIpc) is 3.03. The van der Waals surface area contributed by atoms with Crippen LogP contribution in [0, 0.1) is 16.0 Å². The van der Waals surface area contributed by atoms with E-state index in [4.69, 9.17) is 29.3 Å². The van der Waals surface area contributed by atoms with Gasteiger partial charge in [0.1, 0.15) is 18.6 Å². The molecule has 0 aromatic heterocycles. The van der Waals surface area contributed by atoms with Gasteiger partial charge in [-0.05, 0) is 76.6 Å². The molecule has 0 unspecified atom stereocenters. The Morgan fingerprint density at radius 2 is 1.60 bits per heavy atom. The third kappa shape index (κ3) is 13.0. The molecule has 0 saturated heterocycles. The molecule has 0 bridgehead atoms. The molecule has 2 aromatic carbocycles. The molecule has 16 nitrogen and oxygen atoms in total. The van der Waals surface area contributed by atoms with E-state index in [2.05, 4.69) is 15.5 Å².